The Hall–Kier alpha value is -4.46. The number of aliphatic carboxylic acids is 2. The molecule has 0 aliphatic carbocycles. The average molecular weight is 577 g/mol. The normalized spacial score (nSPS) is 16.6. The molecule has 0 saturated heterocycles. The Balaban J connectivity index is 0.000000612. The molecule has 2 N–H and O–H groups in total. The van der Waals surface area contributed by atoms with Crippen molar-refractivity contribution in [2.24, 2.45) is 0 Å². The number of nitriles is 1. The molecule has 2 aliphatic heterocycles. The number of nitrogens with zero attached hydrogens (tertiary/aromatic N) is 2. The van der Waals surface area contributed by atoms with Crippen molar-refractivity contribution in [2.45, 2.75) is 37.9 Å². The molecular weight excluding hydrogens is 543 g/mol. The van der Waals surface area contributed by atoms with E-state index in [4.69, 9.17) is 34.0 Å². The molecule has 9 nitrogen and oxygen atoms in total. The molecule has 0 saturated carbocycles. The number of hydrogen-bond donors (Lipinski definition) is 2. The van der Waals surface area contributed by atoms with Crippen LogP contribution in [0.2, 0.25) is 0 Å². The monoisotopic (exact) mass is 576 g/mol. The van der Waals surface area contributed by atoms with Crippen LogP contribution in [-0.2, 0) is 33.0 Å². The van der Waals surface area contributed by atoms with Crippen molar-refractivity contribution in [1.29, 1.82) is 5.26 Å². The molecule has 1 unspecified atom stereocenters. The summed E-state index contributed by atoms with van der Waals surface area (Å²) < 4.78 is 31.7. The van der Waals surface area contributed by atoms with Crippen molar-refractivity contribution < 1.29 is 38.4 Å². The zero-order valence-electron chi connectivity index (χ0n) is 23.3. The van der Waals surface area contributed by atoms with Crippen LogP contribution in [0.1, 0.15) is 47.1 Å². The van der Waals surface area contributed by atoms with E-state index in [0.29, 0.717) is 25.4 Å². The molecule has 10 heteroatoms. The van der Waals surface area contributed by atoms with Gasteiger partial charge in [0.1, 0.15) is 24.6 Å². The van der Waals surface area contributed by atoms with Gasteiger partial charge in [-0.15, -0.1) is 0 Å². The van der Waals surface area contributed by atoms with Crippen molar-refractivity contribution in [3.8, 4) is 17.6 Å². The van der Waals surface area contributed by atoms with E-state index in [9.17, 15) is 9.65 Å². The lowest BCUT2D eigenvalue weighted by molar-refractivity contribution is -0.159. The van der Waals surface area contributed by atoms with Crippen LogP contribution < -0.4 is 9.47 Å². The molecule has 0 spiro atoms. The van der Waals surface area contributed by atoms with Crippen molar-refractivity contribution in [3.63, 3.8) is 0 Å². The molecule has 0 aromatic heterocycles. The lowest BCUT2D eigenvalue weighted by Gasteiger charge is -2.31. The minimum absolute atomic E-state index is 0.261. The molecule has 0 fully saturated rings. The number of halogens is 1. The van der Waals surface area contributed by atoms with Crippen molar-refractivity contribution in [3.05, 3.63) is 94.3 Å². The predicted octanol–water partition coefficient (Wildman–Crippen LogP) is 4.74. The zero-order valence-corrected chi connectivity index (χ0v) is 23.3. The fraction of sp³-hybridized carbons (Fsp3) is 0.344. The summed E-state index contributed by atoms with van der Waals surface area (Å²) in [5.41, 5.74) is 4.26. The SMILES string of the molecule is CN(CCCc1cccc2c1OCCO2)CCCC1(c2ccc(F)cc2)OCc2cc(C#N)ccc21.O=C(O)C(=O)O. The van der Waals surface area contributed by atoms with Crippen LogP contribution in [0.3, 0.4) is 0 Å². The highest BCUT2D eigenvalue weighted by Gasteiger charge is 2.41. The maximum Gasteiger partial charge on any atom is 0.414 e. The van der Waals surface area contributed by atoms with Crippen LogP contribution >= 0.6 is 0 Å². The number of carboxylic acid groups (broad SMARTS) is 2. The minimum atomic E-state index is -1.82. The first kappa shape index (κ1) is 30.5. The number of fused-ring (bicyclic) bond motifs is 2. The maximum atomic E-state index is 13.7. The highest BCUT2D eigenvalue weighted by molar-refractivity contribution is 6.27. The van der Waals surface area contributed by atoms with Gasteiger partial charge < -0.3 is 29.3 Å². The zero-order chi connectivity index (χ0) is 30.1. The van der Waals surface area contributed by atoms with E-state index in [2.05, 4.69) is 24.1 Å². The summed E-state index contributed by atoms with van der Waals surface area (Å²) in [4.78, 5) is 20.5. The number of carbonyl (C=O) groups is 2. The second-order valence-corrected chi connectivity index (χ2v) is 10.2. The van der Waals surface area contributed by atoms with Crippen LogP contribution in [0.25, 0.3) is 0 Å². The van der Waals surface area contributed by atoms with Crippen LogP contribution in [0.5, 0.6) is 11.5 Å². The van der Waals surface area contributed by atoms with Gasteiger partial charge in [-0.3, -0.25) is 0 Å². The second kappa shape index (κ2) is 13.9. The molecule has 0 radical (unpaired) electrons. The Labute approximate surface area is 243 Å². The number of benzene rings is 3. The number of hydrogen-bond acceptors (Lipinski definition) is 7. The molecule has 220 valence electrons. The fourth-order valence-corrected chi connectivity index (χ4v) is 5.34. The predicted molar refractivity (Wildman–Crippen MR) is 151 cm³/mol. The molecule has 0 bridgehead atoms. The van der Waals surface area contributed by atoms with Gasteiger partial charge in [0.15, 0.2) is 11.5 Å². The smallest absolute Gasteiger partial charge is 0.414 e. The maximum absolute atomic E-state index is 13.7. The average Bonchev–Trinajstić information content (AvgIpc) is 3.36. The van der Waals surface area contributed by atoms with E-state index in [1.807, 2.05) is 42.5 Å². The van der Waals surface area contributed by atoms with E-state index in [1.54, 1.807) is 0 Å². The third-order valence-corrected chi connectivity index (χ3v) is 7.34. The summed E-state index contributed by atoms with van der Waals surface area (Å²) in [6.45, 7) is 3.54. The Bertz CT molecular complexity index is 1440. The van der Waals surface area contributed by atoms with Gasteiger partial charge in [0, 0.05) is 0 Å². The van der Waals surface area contributed by atoms with Crippen LogP contribution in [0, 0.1) is 17.1 Å². The Kier molecular flexibility index (Phi) is 10.1. The van der Waals surface area contributed by atoms with E-state index in [0.717, 1.165) is 67.0 Å². The van der Waals surface area contributed by atoms with Gasteiger partial charge in [0.2, 0.25) is 0 Å². The fourth-order valence-electron chi connectivity index (χ4n) is 5.34. The van der Waals surface area contributed by atoms with Gasteiger partial charge in [-0.05, 0) is 98.4 Å². The van der Waals surface area contributed by atoms with E-state index in [1.165, 1.54) is 17.7 Å². The molecule has 3 aromatic carbocycles. The Morgan fingerprint density at radius 1 is 1.00 bits per heavy atom. The summed E-state index contributed by atoms with van der Waals surface area (Å²) in [5.74, 6) is -2.17. The van der Waals surface area contributed by atoms with Gasteiger partial charge in [-0.2, -0.15) is 5.26 Å². The molecule has 0 amide bonds. The first-order valence-electron chi connectivity index (χ1n) is 13.7. The highest BCUT2D eigenvalue weighted by atomic mass is 19.1. The van der Waals surface area contributed by atoms with Gasteiger partial charge in [0.25, 0.3) is 0 Å². The number of aryl methyl sites for hydroxylation is 1. The lowest BCUT2D eigenvalue weighted by atomic mass is 9.81. The minimum Gasteiger partial charge on any atom is -0.486 e. The molecule has 5 rings (SSSR count). The Morgan fingerprint density at radius 3 is 2.43 bits per heavy atom. The third kappa shape index (κ3) is 7.24. The van der Waals surface area contributed by atoms with Gasteiger partial charge in [-0.25, -0.2) is 14.0 Å². The summed E-state index contributed by atoms with van der Waals surface area (Å²) in [6.07, 6.45) is 3.66. The number of carboxylic acids is 2. The standard InChI is InChI=1S/C30H31FN2O3.C2H2O4/c1-33(15-3-6-23-5-2-7-28-29(23)35-18-17-34-28)16-4-14-30(25-9-11-26(31)12-10-25)27-13-8-22(20-32)19-24(27)21-36-30;3-1(4)2(5)6/h2,5,7-13,19H,3-4,6,14-18,21H2,1H3;(H,3,4)(H,5,6). The largest absolute Gasteiger partial charge is 0.486 e. The number of rotatable bonds is 9. The number of para-hydroxylation sites is 1. The summed E-state index contributed by atoms with van der Waals surface area (Å²) in [7, 11) is 2.15. The van der Waals surface area contributed by atoms with Gasteiger partial charge >= 0.3 is 11.9 Å². The molecule has 2 heterocycles. The molecule has 2 aliphatic rings. The summed E-state index contributed by atoms with van der Waals surface area (Å²) in [6, 6.07) is 20.7. The summed E-state index contributed by atoms with van der Waals surface area (Å²) >= 11 is 0. The van der Waals surface area contributed by atoms with E-state index in [-0.39, 0.29) is 5.82 Å². The van der Waals surface area contributed by atoms with Crippen LogP contribution in [0.15, 0.2) is 60.7 Å². The van der Waals surface area contributed by atoms with E-state index < -0.39 is 17.5 Å². The van der Waals surface area contributed by atoms with Crippen LogP contribution in [0.4, 0.5) is 4.39 Å². The van der Waals surface area contributed by atoms with Crippen molar-refractivity contribution in [1.82, 2.24) is 4.90 Å². The van der Waals surface area contributed by atoms with Crippen LogP contribution in [-0.4, -0.2) is 60.4 Å². The molecular formula is C32H33FN2O7. The van der Waals surface area contributed by atoms with Gasteiger partial charge in [-0.1, -0.05) is 30.3 Å². The topological polar surface area (TPSA) is 129 Å². The Morgan fingerprint density at radius 2 is 1.71 bits per heavy atom. The first-order valence-corrected chi connectivity index (χ1v) is 13.7. The molecule has 1 atom stereocenters. The first-order chi connectivity index (χ1) is 20.2. The highest BCUT2D eigenvalue weighted by Crippen LogP contribution is 2.45. The molecule has 42 heavy (non-hydrogen) atoms. The molecule has 3 aromatic rings. The quantitative estimate of drug-likeness (QED) is 0.347. The van der Waals surface area contributed by atoms with E-state index >= 15 is 0 Å². The third-order valence-electron chi connectivity index (χ3n) is 7.34. The second-order valence-electron chi connectivity index (χ2n) is 10.2. The van der Waals surface area contributed by atoms with Crippen molar-refractivity contribution in [2.75, 3.05) is 33.4 Å². The summed E-state index contributed by atoms with van der Waals surface area (Å²) in [5, 5.41) is 24.1. The number of ether oxygens (including phenoxy) is 3. The lowest BCUT2D eigenvalue weighted by Crippen LogP contribution is -2.29. The van der Waals surface area contributed by atoms with Gasteiger partial charge in [0.05, 0.1) is 18.2 Å². The van der Waals surface area contributed by atoms with Crippen molar-refractivity contribution >= 4 is 11.9 Å².